The SMILES string of the molecule is O=P(c1ccccc1)(c1ccccc1)n1c2ccc3ccccc3c2c2ccc3c4c5ccccc5ccc4n(-c4ccccc4)c3c21. The summed E-state index contributed by atoms with van der Waals surface area (Å²) in [6, 6.07) is 61.2. The third-order valence-corrected chi connectivity index (χ3v) is 12.9. The largest absolute Gasteiger partial charge is 0.307 e. The molecule has 4 heteroatoms. The van der Waals surface area contributed by atoms with E-state index in [4.69, 9.17) is 0 Å². The lowest BCUT2D eigenvalue weighted by molar-refractivity contribution is 0.583. The molecule has 0 radical (unpaired) electrons. The maximum absolute atomic E-state index is 16.5. The summed E-state index contributed by atoms with van der Waals surface area (Å²) in [5.41, 5.74) is 5.17. The fourth-order valence-electron chi connectivity index (χ4n) is 7.89. The highest BCUT2D eigenvalue weighted by atomic mass is 31.2. The number of fused-ring (bicyclic) bond motifs is 11. The van der Waals surface area contributed by atoms with E-state index in [2.05, 4.69) is 124 Å². The van der Waals surface area contributed by atoms with E-state index in [1.54, 1.807) is 0 Å². The van der Waals surface area contributed by atoms with Crippen LogP contribution in [0, 0.1) is 0 Å². The number of nitrogens with zero attached hydrogens (tertiary/aromatic N) is 2. The van der Waals surface area contributed by atoms with E-state index in [-0.39, 0.29) is 0 Å². The van der Waals surface area contributed by atoms with Crippen molar-refractivity contribution in [2.24, 2.45) is 0 Å². The smallest absolute Gasteiger partial charge is 0.234 e. The van der Waals surface area contributed by atoms with Crippen LogP contribution >= 0.6 is 7.29 Å². The summed E-state index contributed by atoms with van der Waals surface area (Å²) in [4.78, 5) is 0. The molecule has 0 fully saturated rings. The molecular weight excluding hydrogens is 603 g/mol. The quantitative estimate of drug-likeness (QED) is 0.177. The number of hydrogen-bond donors (Lipinski definition) is 0. The van der Waals surface area contributed by atoms with Crippen molar-refractivity contribution in [3.8, 4) is 5.69 Å². The summed E-state index contributed by atoms with van der Waals surface area (Å²) in [5, 5.41) is 10.9. The Hall–Kier alpha value is -5.89. The predicted octanol–water partition coefficient (Wildman–Crippen LogP) is 11.0. The van der Waals surface area contributed by atoms with E-state index in [9.17, 15) is 0 Å². The summed E-state index contributed by atoms with van der Waals surface area (Å²) >= 11 is 0. The first-order valence-corrected chi connectivity index (χ1v) is 18.0. The minimum absolute atomic E-state index is 0.799. The molecule has 0 aliphatic carbocycles. The first-order valence-electron chi connectivity index (χ1n) is 16.3. The van der Waals surface area contributed by atoms with Gasteiger partial charge in [0.15, 0.2) is 0 Å². The third kappa shape index (κ3) is 3.68. The first kappa shape index (κ1) is 27.2. The van der Waals surface area contributed by atoms with E-state index in [1.807, 2.05) is 60.7 Å². The van der Waals surface area contributed by atoms with Gasteiger partial charge in [-0.3, -0.25) is 8.90 Å². The predicted molar refractivity (Wildman–Crippen MR) is 204 cm³/mol. The van der Waals surface area contributed by atoms with Crippen molar-refractivity contribution in [1.82, 2.24) is 8.90 Å². The summed E-state index contributed by atoms with van der Waals surface area (Å²) in [6.45, 7) is 0. The highest BCUT2D eigenvalue weighted by molar-refractivity contribution is 7.77. The van der Waals surface area contributed by atoms with Crippen LogP contribution in [-0.2, 0) is 4.57 Å². The number of para-hydroxylation sites is 1. The Morgan fingerprint density at radius 3 is 1.42 bits per heavy atom. The average molecular weight is 633 g/mol. The minimum atomic E-state index is -3.50. The normalized spacial score (nSPS) is 12.2. The lowest BCUT2D eigenvalue weighted by Gasteiger charge is -2.24. The van der Waals surface area contributed by atoms with E-state index >= 15 is 4.57 Å². The molecule has 0 atom stereocenters. The van der Waals surface area contributed by atoms with Gasteiger partial charge in [-0.05, 0) is 70.1 Å². The van der Waals surface area contributed by atoms with Gasteiger partial charge >= 0.3 is 0 Å². The molecule has 0 saturated heterocycles. The van der Waals surface area contributed by atoms with Gasteiger partial charge in [0.25, 0.3) is 0 Å². The van der Waals surface area contributed by atoms with Crippen LogP contribution in [0.2, 0.25) is 0 Å². The van der Waals surface area contributed by atoms with Crippen molar-refractivity contribution in [2.45, 2.75) is 0 Å². The lowest BCUT2D eigenvalue weighted by atomic mass is 10.0. The number of benzene rings is 8. The molecule has 0 unspecified atom stereocenters. The molecule has 0 saturated carbocycles. The molecular formula is C44H29N2OP. The Balaban J connectivity index is 1.54. The second-order valence-electron chi connectivity index (χ2n) is 12.4. The molecule has 0 bridgehead atoms. The Labute approximate surface area is 277 Å². The molecule has 48 heavy (non-hydrogen) atoms. The van der Waals surface area contributed by atoms with Crippen LogP contribution in [-0.4, -0.2) is 8.90 Å². The molecule has 2 aromatic heterocycles. The second-order valence-corrected chi connectivity index (χ2v) is 15.0. The van der Waals surface area contributed by atoms with Gasteiger partial charge in [0, 0.05) is 37.8 Å². The summed E-state index contributed by atoms with van der Waals surface area (Å²) in [6.07, 6.45) is 0. The van der Waals surface area contributed by atoms with Crippen molar-refractivity contribution in [2.75, 3.05) is 0 Å². The van der Waals surface area contributed by atoms with Crippen LogP contribution in [0.25, 0.3) is 70.8 Å². The Morgan fingerprint density at radius 1 is 0.375 bits per heavy atom. The summed E-state index contributed by atoms with van der Waals surface area (Å²) < 4.78 is 21.1. The third-order valence-electron chi connectivity index (χ3n) is 9.92. The Bertz CT molecular complexity index is 2860. The van der Waals surface area contributed by atoms with Gasteiger partial charge in [0.05, 0.1) is 22.1 Å². The van der Waals surface area contributed by atoms with Gasteiger partial charge in [0.2, 0.25) is 7.29 Å². The maximum atomic E-state index is 16.5. The summed E-state index contributed by atoms with van der Waals surface area (Å²) in [5.74, 6) is 0. The monoisotopic (exact) mass is 632 g/mol. The fraction of sp³-hybridized carbons (Fsp3) is 0. The average Bonchev–Trinajstić information content (AvgIpc) is 3.69. The summed E-state index contributed by atoms with van der Waals surface area (Å²) in [7, 11) is -3.50. The van der Waals surface area contributed by atoms with Crippen LogP contribution in [0.5, 0.6) is 0 Å². The van der Waals surface area contributed by atoms with E-state index in [0.717, 1.165) is 65.3 Å². The lowest BCUT2D eigenvalue weighted by Crippen LogP contribution is -2.21. The first-order chi connectivity index (χ1) is 23.7. The van der Waals surface area contributed by atoms with Gasteiger partial charge in [-0.15, -0.1) is 0 Å². The van der Waals surface area contributed by atoms with Crippen molar-refractivity contribution in [3.05, 3.63) is 176 Å². The van der Waals surface area contributed by atoms with Crippen molar-refractivity contribution < 1.29 is 4.57 Å². The minimum Gasteiger partial charge on any atom is -0.307 e. The molecule has 0 amide bonds. The Kier molecular flexibility index (Phi) is 5.85. The molecule has 10 aromatic rings. The zero-order valence-electron chi connectivity index (χ0n) is 26.0. The number of hydrogen-bond acceptors (Lipinski definition) is 1. The highest BCUT2D eigenvalue weighted by Gasteiger charge is 2.35. The standard InChI is InChI=1S/C44H29N2OP/c47-48(33-18-6-2-7-19-33,34-20-8-3-9-21-34)46-40-29-25-31-15-11-13-23-36(31)42(40)38-27-26-37-41-35-22-12-10-14-30(35)24-28-39(41)45(43(37)44(38)46)32-16-4-1-5-17-32/h1-29H. The molecule has 0 aliphatic rings. The Morgan fingerprint density at radius 2 is 0.833 bits per heavy atom. The van der Waals surface area contributed by atoms with Crippen molar-refractivity contribution >= 4 is 83.1 Å². The molecule has 8 aromatic carbocycles. The topological polar surface area (TPSA) is 26.9 Å². The zero-order chi connectivity index (χ0) is 31.8. The van der Waals surface area contributed by atoms with Crippen LogP contribution in [0.3, 0.4) is 0 Å². The van der Waals surface area contributed by atoms with Crippen LogP contribution < -0.4 is 10.6 Å². The number of rotatable bonds is 4. The van der Waals surface area contributed by atoms with E-state index in [0.29, 0.717) is 0 Å². The van der Waals surface area contributed by atoms with Crippen LogP contribution in [0.1, 0.15) is 0 Å². The highest BCUT2D eigenvalue weighted by Crippen LogP contribution is 2.54. The van der Waals surface area contributed by atoms with Crippen LogP contribution in [0.4, 0.5) is 0 Å². The van der Waals surface area contributed by atoms with Gasteiger partial charge in [-0.1, -0.05) is 127 Å². The van der Waals surface area contributed by atoms with Gasteiger partial charge in [-0.25, -0.2) is 0 Å². The van der Waals surface area contributed by atoms with E-state index in [1.165, 1.54) is 16.2 Å². The molecule has 0 aliphatic heterocycles. The van der Waals surface area contributed by atoms with Gasteiger partial charge in [-0.2, -0.15) is 0 Å². The molecule has 0 N–H and O–H groups in total. The van der Waals surface area contributed by atoms with E-state index < -0.39 is 7.29 Å². The van der Waals surface area contributed by atoms with Crippen LogP contribution in [0.15, 0.2) is 176 Å². The van der Waals surface area contributed by atoms with Gasteiger partial charge in [0.1, 0.15) is 0 Å². The fourth-order valence-corrected chi connectivity index (χ4v) is 10.8. The molecule has 0 spiro atoms. The van der Waals surface area contributed by atoms with Crippen molar-refractivity contribution in [3.63, 3.8) is 0 Å². The van der Waals surface area contributed by atoms with Gasteiger partial charge < -0.3 is 4.57 Å². The molecule has 226 valence electrons. The van der Waals surface area contributed by atoms with Crippen molar-refractivity contribution in [1.29, 1.82) is 0 Å². The molecule has 3 nitrogen and oxygen atoms in total. The maximum Gasteiger partial charge on any atom is 0.234 e. The zero-order valence-corrected chi connectivity index (χ0v) is 26.9. The number of aromatic nitrogens is 2. The second kappa shape index (κ2) is 10.3. The molecule has 10 rings (SSSR count). The molecule has 2 heterocycles.